The van der Waals surface area contributed by atoms with Crippen molar-refractivity contribution < 1.29 is 13.2 Å². The number of rotatable bonds is 3. The topological polar surface area (TPSA) is 80.5 Å². The van der Waals surface area contributed by atoms with Gasteiger partial charge in [-0.25, -0.2) is 8.42 Å². The Morgan fingerprint density at radius 2 is 2.06 bits per heavy atom. The van der Waals surface area contributed by atoms with E-state index in [1.54, 1.807) is 18.7 Å². The summed E-state index contributed by atoms with van der Waals surface area (Å²) in [6.45, 7) is 5.67. The maximum absolute atomic E-state index is 12.1. The second-order valence-electron chi connectivity index (χ2n) is 4.74. The van der Waals surface area contributed by atoms with E-state index in [1.165, 1.54) is 0 Å². The van der Waals surface area contributed by atoms with Gasteiger partial charge in [-0.2, -0.15) is 0 Å². The Morgan fingerprint density at radius 3 is 2.59 bits per heavy atom. The fraction of sp³-hybridized carbons (Fsp3) is 0.909. The van der Waals surface area contributed by atoms with E-state index in [1.807, 2.05) is 6.92 Å². The minimum Gasteiger partial charge on any atom is -0.336 e. The van der Waals surface area contributed by atoms with Crippen LogP contribution in [0.25, 0.3) is 0 Å². The fourth-order valence-electron chi connectivity index (χ4n) is 2.13. The summed E-state index contributed by atoms with van der Waals surface area (Å²) in [5.74, 6) is -0.0792. The van der Waals surface area contributed by atoms with Gasteiger partial charge >= 0.3 is 0 Å². The van der Waals surface area contributed by atoms with Crippen molar-refractivity contribution in [3.05, 3.63) is 0 Å². The van der Waals surface area contributed by atoms with E-state index >= 15 is 0 Å². The smallest absolute Gasteiger partial charge is 0.239 e. The highest BCUT2D eigenvalue weighted by molar-refractivity contribution is 7.92. The van der Waals surface area contributed by atoms with E-state index in [9.17, 15) is 13.2 Å². The van der Waals surface area contributed by atoms with Crippen LogP contribution in [0.3, 0.4) is 0 Å². The third kappa shape index (κ3) is 2.98. The standard InChI is InChI=1S/C11H22N2O3S/c1-4-5-10(12)11(14)13-6-7-17(15,16)9(3)8(13)2/h8-10H,4-7,12H2,1-3H3. The van der Waals surface area contributed by atoms with Crippen LogP contribution in [-0.2, 0) is 14.6 Å². The third-order valence-electron chi connectivity index (χ3n) is 3.55. The zero-order valence-corrected chi connectivity index (χ0v) is 11.5. The van der Waals surface area contributed by atoms with E-state index in [0.29, 0.717) is 6.42 Å². The molecule has 1 aliphatic rings. The van der Waals surface area contributed by atoms with E-state index in [4.69, 9.17) is 5.73 Å². The SMILES string of the molecule is CCCC(N)C(=O)N1CCS(=O)(=O)C(C)C1C. The summed E-state index contributed by atoms with van der Waals surface area (Å²) in [6.07, 6.45) is 1.49. The Balaban J connectivity index is 2.78. The summed E-state index contributed by atoms with van der Waals surface area (Å²) in [4.78, 5) is 13.7. The lowest BCUT2D eigenvalue weighted by Crippen LogP contribution is -2.57. The van der Waals surface area contributed by atoms with Crippen molar-refractivity contribution in [1.29, 1.82) is 0 Å². The molecule has 0 aliphatic carbocycles. The molecule has 0 aromatic carbocycles. The largest absolute Gasteiger partial charge is 0.336 e. The molecule has 5 nitrogen and oxygen atoms in total. The molecule has 0 aromatic rings. The van der Waals surface area contributed by atoms with Gasteiger partial charge in [0.15, 0.2) is 9.84 Å². The van der Waals surface area contributed by atoms with Crippen LogP contribution in [0.2, 0.25) is 0 Å². The highest BCUT2D eigenvalue weighted by atomic mass is 32.2. The monoisotopic (exact) mass is 262 g/mol. The van der Waals surface area contributed by atoms with Crippen LogP contribution in [0.5, 0.6) is 0 Å². The lowest BCUT2D eigenvalue weighted by Gasteiger charge is -2.38. The van der Waals surface area contributed by atoms with Crippen molar-refractivity contribution >= 4 is 15.7 Å². The summed E-state index contributed by atoms with van der Waals surface area (Å²) in [5, 5.41) is -0.506. The number of amides is 1. The van der Waals surface area contributed by atoms with Crippen molar-refractivity contribution in [3.8, 4) is 0 Å². The minimum absolute atomic E-state index is 0.0447. The van der Waals surface area contributed by atoms with Gasteiger partial charge in [0.1, 0.15) is 0 Å². The summed E-state index contributed by atoms with van der Waals surface area (Å²) >= 11 is 0. The Morgan fingerprint density at radius 1 is 1.47 bits per heavy atom. The molecule has 3 atom stereocenters. The zero-order chi connectivity index (χ0) is 13.2. The summed E-state index contributed by atoms with van der Waals surface area (Å²) in [5.41, 5.74) is 5.79. The molecule has 100 valence electrons. The molecule has 0 saturated carbocycles. The fourth-order valence-corrected chi connectivity index (χ4v) is 3.70. The summed E-state index contributed by atoms with van der Waals surface area (Å²) in [7, 11) is -3.05. The third-order valence-corrected chi connectivity index (χ3v) is 5.83. The Labute approximate surface area is 103 Å². The highest BCUT2D eigenvalue weighted by Crippen LogP contribution is 2.20. The molecule has 0 aromatic heterocycles. The van der Waals surface area contributed by atoms with Gasteiger partial charge in [-0.1, -0.05) is 13.3 Å². The van der Waals surface area contributed by atoms with E-state index < -0.39 is 21.1 Å². The van der Waals surface area contributed by atoms with Crippen molar-refractivity contribution in [1.82, 2.24) is 4.90 Å². The summed E-state index contributed by atoms with van der Waals surface area (Å²) in [6, 6.07) is -0.792. The lowest BCUT2D eigenvalue weighted by molar-refractivity contribution is -0.134. The normalized spacial score (nSPS) is 30.0. The number of sulfone groups is 1. The van der Waals surface area contributed by atoms with E-state index in [2.05, 4.69) is 0 Å². The first-order valence-electron chi connectivity index (χ1n) is 6.09. The van der Waals surface area contributed by atoms with Crippen LogP contribution in [0.15, 0.2) is 0 Å². The van der Waals surface area contributed by atoms with Crippen LogP contribution in [0.1, 0.15) is 33.6 Å². The zero-order valence-electron chi connectivity index (χ0n) is 10.7. The number of carbonyl (C=O) groups excluding carboxylic acids is 1. The molecule has 1 heterocycles. The van der Waals surface area contributed by atoms with Gasteiger partial charge in [-0.15, -0.1) is 0 Å². The first-order valence-corrected chi connectivity index (χ1v) is 7.80. The molecule has 1 saturated heterocycles. The van der Waals surface area contributed by atoms with Gasteiger partial charge in [0.2, 0.25) is 5.91 Å². The second-order valence-corrected chi connectivity index (χ2v) is 7.22. The van der Waals surface area contributed by atoms with E-state index in [0.717, 1.165) is 6.42 Å². The molecule has 1 rings (SSSR count). The number of hydrogen-bond donors (Lipinski definition) is 1. The number of nitrogens with zero attached hydrogens (tertiary/aromatic N) is 1. The molecule has 2 N–H and O–H groups in total. The molecule has 0 radical (unpaired) electrons. The first kappa shape index (κ1) is 14.4. The van der Waals surface area contributed by atoms with Crippen LogP contribution < -0.4 is 5.73 Å². The number of nitrogens with two attached hydrogens (primary N) is 1. The van der Waals surface area contributed by atoms with Gasteiger partial charge in [0.25, 0.3) is 0 Å². The molecule has 1 amide bonds. The molecule has 17 heavy (non-hydrogen) atoms. The molecule has 1 fully saturated rings. The van der Waals surface area contributed by atoms with Crippen LogP contribution in [0, 0.1) is 0 Å². The van der Waals surface area contributed by atoms with Crippen LogP contribution in [-0.4, -0.2) is 48.9 Å². The first-order chi connectivity index (χ1) is 7.81. The molecule has 0 bridgehead atoms. The van der Waals surface area contributed by atoms with Crippen LogP contribution >= 0.6 is 0 Å². The molecular weight excluding hydrogens is 240 g/mol. The van der Waals surface area contributed by atoms with Gasteiger partial charge in [0, 0.05) is 12.6 Å². The maximum Gasteiger partial charge on any atom is 0.239 e. The van der Waals surface area contributed by atoms with Crippen LogP contribution in [0.4, 0.5) is 0 Å². The average molecular weight is 262 g/mol. The van der Waals surface area contributed by atoms with Crippen molar-refractivity contribution in [2.24, 2.45) is 5.73 Å². The molecule has 6 heteroatoms. The lowest BCUT2D eigenvalue weighted by atomic mass is 10.1. The Kier molecular flexibility index (Phi) is 4.55. The maximum atomic E-state index is 12.1. The van der Waals surface area contributed by atoms with Crippen molar-refractivity contribution in [2.45, 2.75) is 50.9 Å². The average Bonchev–Trinajstić information content (AvgIpc) is 2.26. The van der Waals surface area contributed by atoms with Gasteiger partial charge in [-0.3, -0.25) is 4.79 Å². The quantitative estimate of drug-likeness (QED) is 0.785. The minimum atomic E-state index is -3.05. The predicted octanol–water partition coefficient (Wildman–Crippen LogP) is 0.148. The second kappa shape index (κ2) is 5.35. The highest BCUT2D eigenvalue weighted by Gasteiger charge is 2.38. The molecule has 3 unspecified atom stereocenters. The molecular formula is C11H22N2O3S. The number of hydrogen-bond acceptors (Lipinski definition) is 4. The Hall–Kier alpha value is -0.620. The van der Waals surface area contributed by atoms with Gasteiger partial charge < -0.3 is 10.6 Å². The van der Waals surface area contributed by atoms with Gasteiger partial charge in [0.05, 0.1) is 17.0 Å². The summed E-state index contributed by atoms with van der Waals surface area (Å²) < 4.78 is 23.4. The Bertz CT molecular complexity index is 380. The number of carbonyl (C=O) groups is 1. The molecule has 0 spiro atoms. The van der Waals surface area contributed by atoms with Crippen molar-refractivity contribution in [3.63, 3.8) is 0 Å². The van der Waals surface area contributed by atoms with E-state index in [-0.39, 0.29) is 24.2 Å². The van der Waals surface area contributed by atoms with Crippen molar-refractivity contribution in [2.75, 3.05) is 12.3 Å². The molecule has 1 aliphatic heterocycles. The predicted molar refractivity (Wildman–Crippen MR) is 67.3 cm³/mol. The van der Waals surface area contributed by atoms with Gasteiger partial charge in [-0.05, 0) is 20.3 Å².